The van der Waals surface area contributed by atoms with Crippen molar-refractivity contribution in [2.24, 2.45) is 0 Å². The van der Waals surface area contributed by atoms with Crippen molar-refractivity contribution in [3.8, 4) is 5.75 Å². The van der Waals surface area contributed by atoms with Gasteiger partial charge in [-0.3, -0.25) is 0 Å². The van der Waals surface area contributed by atoms with E-state index in [0.717, 1.165) is 16.8 Å². The zero-order valence-corrected chi connectivity index (χ0v) is 11.6. The molecule has 1 aromatic heterocycles. The van der Waals surface area contributed by atoms with Gasteiger partial charge >= 0.3 is 0 Å². The van der Waals surface area contributed by atoms with Gasteiger partial charge in [-0.2, -0.15) is 0 Å². The molecule has 6 heteroatoms. The lowest BCUT2D eigenvalue weighted by Crippen LogP contribution is -1.95. The summed E-state index contributed by atoms with van der Waals surface area (Å²) in [6.07, 6.45) is 0. The minimum atomic E-state index is 0.300. The highest BCUT2D eigenvalue weighted by Gasteiger charge is 2.10. The summed E-state index contributed by atoms with van der Waals surface area (Å²) in [6.45, 7) is 2.57. The Labute approximate surface area is 115 Å². The van der Waals surface area contributed by atoms with Crippen LogP contribution < -0.4 is 4.74 Å². The van der Waals surface area contributed by atoms with Crippen molar-refractivity contribution in [3.05, 3.63) is 23.0 Å². The van der Waals surface area contributed by atoms with Crippen LogP contribution in [-0.4, -0.2) is 15.7 Å². The van der Waals surface area contributed by atoms with Crippen molar-refractivity contribution in [3.63, 3.8) is 0 Å². The maximum atomic E-state index is 5.91. The van der Waals surface area contributed by atoms with E-state index in [4.69, 9.17) is 40.2 Å². The molecule has 0 atom stereocenters. The van der Waals surface area contributed by atoms with Gasteiger partial charge in [0.1, 0.15) is 5.75 Å². The van der Waals surface area contributed by atoms with Gasteiger partial charge in [0.2, 0.25) is 0 Å². The fourth-order valence-electron chi connectivity index (χ4n) is 1.79. The average Bonchev–Trinajstić information content (AvgIpc) is 2.60. The number of rotatable bonds is 4. The molecule has 0 aliphatic rings. The predicted molar refractivity (Wildman–Crippen MR) is 73.6 cm³/mol. The van der Waals surface area contributed by atoms with Crippen molar-refractivity contribution in [1.29, 1.82) is 0 Å². The lowest BCUT2D eigenvalue weighted by atomic mass is 10.3. The molecule has 1 aromatic carbocycles. The Morgan fingerprint density at radius 3 is 2.41 bits per heavy atom. The first-order chi connectivity index (χ1) is 8.22. The molecule has 0 saturated carbocycles. The molecular formula is C11H12Cl2N2OS. The molecule has 0 fully saturated rings. The number of aromatic nitrogens is 2. The zero-order chi connectivity index (χ0) is 12.4. The number of ether oxygens (including phenoxy) is 1. The third-order valence-electron chi connectivity index (χ3n) is 2.54. The molecule has 17 heavy (non-hydrogen) atoms. The third-order valence-corrected chi connectivity index (χ3v) is 3.46. The Balaban J connectivity index is 2.71. The topological polar surface area (TPSA) is 19.1 Å². The molecule has 0 aliphatic carbocycles. The summed E-state index contributed by atoms with van der Waals surface area (Å²) in [4.78, 5) is 0. The standard InChI is InChI=1S/C11H12Cl2N2OS/c1-2-16-8-3-4-9-10(5-8)15(7-13)11(17)14(9)6-12/h3-5H,2,6-7H2,1H3. The van der Waals surface area contributed by atoms with E-state index in [0.29, 0.717) is 23.4 Å². The number of imidazole rings is 1. The van der Waals surface area contributed by atoms with Crippen LogP contribution in [0.1, 0.15) is 6.92 Å². The largest absolute Gasteiger partial charge is 0.494 e. The number of fused-ring (bicyclic) bond motifs is 1. The molecule has 0 saturated heterocycles. The molecule has 0 amide bonds. The maximum Gasteiger partial charge on any atom is 0.182 e. The summed E-state index contributed by atoms with van der Waals surface area (Å²) in [5.74, 6) is 0.806. The van der Waals surface area contributed by atoms with E-state index < -0.39 is 0 Å². The molecule has 1 heterocycles. The van der Waals surface area contributed by atoms with Gasteiger partial charge < -0.3 is 13.9 Å². The summed E-state index contributed by atoms with van der Waals surface area (Å²) in [5.41, 5.74) is 1.91. The normalized spacial score (nSPS) is 11.0. The fraction of sp³-hybridized carbons (Fsp3) is 0.364. The summed E-state index contributed by atoms with van der Waals surface area (Å²) in [6, 6.07) is 6.39. The number of hydrogen-bond donors (Lipinski definition) is 0. The van der Waals surface area contributed by atoms with Gasteiger partial charge in [0, 0.05) is 6.07 Å². The third kappa shape index (κ3) is 2.17. The molecule has 3 nitrogen and oxygen atoms in total. The SMILES string of the molecule is CCOc1ccc2c(c1)n(CCl)c(=S)n2CCl. The van der Waals surface area contributed by atoms with Crippen molar-refractivity contribution in [2.75, 3.05) is 6.61 Å². The molecule has 92 valence electrons. The summed E-state index contributed by atoms with van der Waals surface area (Å²) < 4.78 is 9.76. The number of benzene rings is 1. The Kier molecular flexibility index (Phi) is 3.97. The Morgan fingerprint density at radius 1 is 1.18 bits per heavy atom. The van der Waals surface area contributed by atoms with Crippen molar-refractivity contribution in [2.45, 2.75) is 18.9 Å². The van der Waals surface area contributed by atoms with Crippen LogP contribution in [-0.2, 0) is 12.0 Å². The van der Waals surface area contributed by atoms with E-state index in [1.165, 1.54) is 0 Å². The highest BCUT2D eigenvalue weighted by Crippen LogP contribution is 2.24. The minimum absolute atomic E-state index is 0.300. The Morgan fingerprint density at radius 2 is 1.82 bits per heavy atom. The van der Waals surface area contributed by atoms with Crippen LogP contribution in [0.4, 0.5) is 0 Å². The summed E-state index contributed by atoms with van der Waals surface area (Å²) in [7, 11) is 0. The van der Waals surface area contributed by atoms with E-state index in [1.807, 2.05) is 34.3 Å². The highest BCUT2D eigenvalue weighted by molar-refractivity contribution is 7.71. The van der Waals surface area contributed by atoms with Gasteiger partial charge in [0.05, 0.1) is 29.6 Å². The first kappa shape index (κ1) is 12.7. The number of halogens is 2. The average molecular weight is 291 g/mol. The monoisotopic (exact) mass is 290 g/mol. The van der Waals surface area contributed by atoms with Crippen LogP contribution >= 0.6 is 35.4 Å². The Bertz CT molecular complexity index is 591. The summed E-state index contributed by atoms with van der Waals surface area (Å²) >= 11 is 17.1. The van der Waals surface area contributed by atoms with E-state index in [9.17, 15) is 0 Å². The molecule has 0 unspecified atom stereocenters. The van der Waals surface area contributed by atoms with Crippen LogP contribution in [0.15, 0.2) is 18.2 Å². The second-order valence-corrected chi connectivity index (χ2v) is 4.30. The first-order valence-corrected chi connectivity index (χ1v) is 6.68. The molecule has 0 aliphatic heterocycles. The molecule has 2 aromatic rings. The predicted octanol–water partition coefficient (Wildman–Crippen LogP) is 3.96. The quantitative estimate of drug-likeness (QED) is 0.627. The van der Waals surface area contributed by atoms with Crippen molar-refractivity contribution in [1.82, 2.24) is 9.13 Å². The van der Waals surface area contributed by atoms with Crippen LogP contribution in [0.3, 0.4) is 0 Å². The van der Waals surface area contributed by atoms with Crippen LogP contribution in [0.25, 0.3) is 11.0 Å². The van der Waals surface area contributed by atoms with Crippen LogP contribution in [0.2, 0.25) is 0 Å². The van der Waals surface area contributed by atoms with E-state index in [1.54, 1.807) is 0 Å². The van der Waals surface area contributed by atoms with E-state index in [-0.39, 0.29) is 0 Å². The van der Waals surface area contributed by atoms with Gasteiger partial charge in [-0.05, 0) is 31.3 Å². The molecule has 0 bridgehead atoms. The van der Waals surface area contributed by atoms with E-state index >= 15 is 0 Å². The number of nitrogens with zero attached hydrogens (tertiary/aromatic N) is 2. The number of alkyl halides is 2. The number of hydrogen-bond acceptors (Lipinski definition) is 2. The summed E-state index contributed by atoms with van der Waals surface area (Å²) in [5, 5.41) is 0. The van der Waals surface area contributed by atoms with Gasteiger partial charge in [0.25, 0.3) is 0 Å². The smallest absolute Gasteiger partial charge is 0.182 e. The molecular weight excluding hydrogens is 279 g/mol. The molecule has 0 N–H and O–H groups in total. The fourth-order valence-corrected chi connectivity index (χ4v) is 2.74. The molecule has 2 rings (SSSR count). The zero-order valence-electron chi connectivity index (χ0n) is 9.32. The van der Waals surface area contributed by atoms with Gasteiger partial charge in [-0.25, -0.2) is 0 Å². The molecule has 0 radical (unpaired) electrons. The Hall–Kier alpha value is -0.710. The lowest BCUT2D eigenvalue weighted by molar-refractivity contribution is 0.340. The molecule has 0 spiro atoms. The van der Waals surface area contributed by atoms with Gasteiger partial charge in [-0.15, -0.1) is 23.2 Å². The minimum Gasteiger partial charge on any atom is -0.494 e. The van der Waals surface area contributed by atoms with Gasteiger partial charge in [-0.1, -0.05) is 0 Å². The van der Waals surface area contributed by atoms with Crippen LogP contribution in [0.5, 0.6) is 5.75 Å². The second kappa shape index (κ2) is 5.29. The first-order valence-electron chi connectivity index (χ1n) is 5.20. The lowest BCUT2D eigenvalue weighted by Gasteiger charge is -2.04. The van der Waals surface area contributed by atoms with Crippen molar-refractivity contribution >= 4 is 46.5 Å². The highest BCUT2D eigenvalue weighted by atomic mass is 35.5. The second-order valence-electron chi connectivity index (χ2n) is 3.46. The van der Waals surface area contributed by atoms with Gasteiger partial charge in [0.15, 0.2) is 4.77 Å². The van der Waals surface area contributed by atoms with E-state index in [2.05, 4.69) is 0 Å². The van der Waals surface area contributed by atoms with Crippen LogP contribution in [0, 0.1) is 4.77 Å². The maximum absolute atomic E-state index is 5.91. The van der Waals surface area contributed by atoms with Crippen molar-refractivity contribution < 1.29 is 4.74 Å².